The van der Waals surface area contributed by atoms with E-state index in [0.717, 1.165) is 6.42 Å². The zero-order valence-electron chi connectivity index (χ0n) is 12.4. The number of hydrogen-bond donors (Lipinski definition) is 2. The number of nitrogen functional groups attached to an aromatic ring is 1. The van der Waals surface area contributed by atoms with Gasteiger partial charge < -0.3 is 20.1 Å². The normalized spacial score (nSPS) is 11.6. The molecule has 0 amide bonds. The van der Waals surface area contributed by atoms with E-state index in [1.165, 1.54) is 6.07 Å². The van der Waals surface area contributed by atoms with Gasteiger partial charge in [0.2, 0.25) is 10.0 Å². The molecule has 7 nitrogen and oxygen atoms in total. The predicted molar refractivity (Wildman–Crippen MR) is 82.8 cm³/mol. The van der Waals surface area contributed by atoms with E-state index in [2.05, 4.69) is 0 Å². The topological polar surface area (TPSA) is 108 Å². The third kappa shape index (κ3) is 5.16. The number of rotatable bonds is 9. The van der Waals surface area contributed by atoms with Crippen molar-refractivity contribution in [2.45, 2.75) is 11.3 Å². The molecular formula is C13H23N3O4S. The van der Waals surface area contributed by atoms with Gasteiger partial charge in [-0.3, -0.25) is 0 Å². The number of para-hydroxylation sites is 1. The van der Waals surface area contributed by atoms with Crippen molar-refractivity contribution in [1.82, 2.24) is 0 Å². The van der Waals surface area contributed by atoms with Crippen LogP contribution in [0.4, 0.5) is 11.4 Å². The summed E-state index contributed by atoms with van der Waals surface area (Å²) in [6, 6.07) is 4.80. The molecule has 0 aliphatic heterocycles. The van der Waals surface area contributed by atoms with Gasteiger partial charge in [-0.15, -0.1) is 0 Å². The summed E-state index contributed by atoms with van der Waals surface area (Å²) in [4.78, 5) is 1.90. The van der Waals surface area contributed by atoms with Crippen LogP contribution in [-0.2, 0) is 19.5 Å². The van der Waals surface area contributed by atoms with Crippen molar-refractivity contribution in [2.24, 2.45) is 5.14 Å². The van der Waals surface area contributed by atoms with Crippen LogP contribution in [0, 0.1) is 0 Å². The minimum absolute atomic E-state index is 0.0610. The Morgan fingerprint density at radius 1 is 1.14 bits per heavy atom. The largest absolute Gasteiger partial charge is 0.396 e. The molecule has 0 saturated heterocycles. The highest BCUT2D eigenvalue weighted by atomic mass is 32.2. The molecule has 1 aromatic rings. The molecule has 0 radical (unpaired) electrons. The van der Waals surface area contributed by atoms with Crippen LogP contribution in [0.3, 0.4) is 0 Å². The van der Waals surface area contributed by atoms with E-state index in [1.54, 1.807) is 26.4 Å². The first-order chi connectivity index (χ1) is 9.91. The second kappa shape index (κ2) is 8.18. The first-order valence-electron chi connectivity index (χ1n) is 6.56. The molecule has 0 spiro atoms. The van der Waals surface area contributed by atoms with Crippen LogP contribution in [0.2, 0.25) is 0 Å². The molecule has 0 fully saturated rings. The van der Waals surface area contributed by atoms with E-state index in [0.29, 0.717) is 32.0 Å². The van der Waals surface area contributed by atoms with E-state index in [4.69, 9.17) is 20.3 Å². The summed E-state index contributed by atoms with van der Waals surface area (Å²) in [5, 5.41) is 5.18. The molecular weight excluding hydrogens is 294 g/mol. The fraction of sp³-hybridized carbons (Fsp3) is 0.538. The molecule has 4 N–H and O–H groups in total. The van der Waals surface area contributed by atoms with Crippen molar-refractivity contribution < 1.29 is 17.9 Å². The van der Waals surface area contributed by atoms with E-state index in [9.17, 15) is 8.42 Å². The van der Waals surface area contributed by atoms with E-state index < -0.39 is 10.0 Å². The van der Waals surface area contributed by atoms with Gasteiger partial charge in [0.15, 0.2) is 0 Å². The van der Waals surface area contributed by atoms with Gasteiger partial charge in [0.1, 0.15) is 4.90 Å². The highest BCUT2D eigenvalue weighted by Crippen LogP contribution is 2.29. The fourth-order valence-electron chi connectivity index (χ4n) is 2.01. The Morgan fingerprint density at radius 2 is 1.81 bits per heavy atom. The molecule has 21 heavy (non-hydrogen) atoms. The Kier molecular flexibility index (Phi) is 6.90. The Balaban J connectivity index is 3.06. The summed E-state index contributed by atoms with van der Waals surface area (Å²) in [7, 11) is -0.600. The number of anilines is 2. The lowest BCUT2D eigenvalue weighted by atomic mass is 10.2. The van der Waals surface area contributed by atoms with E-state index in [-0.39, 0.29) is 10.6 Å². The van der Waals surface area contributed by atoms with Gasteiger partial charge in [0.25, 0.3) is 0 Å². The van der Waals surface area contributed by atoms with Gasteiger partial charge in [-0.05, 0) is 18.6 Å². The SMILES string of the molecule is COCCCN(CCOC)c1cccc(S(N)(=O)=O)c1N. The summed E-state index contributed by atoms with van der Waals surface area (Å²) < 4.78 is 33.2. The lowest BCUT2D eigenvalue weighted by molar-refractivity contribution is 0.191. The highest BCUT2D eigenvalue weighted by molar-refractivity contribution is 7.89. The number of sulfonamides is 1. The zero-order chi connectivity index (χ0) is 15.9. The molecule has 0 aliphatic carbocycles. The van der Waals surface area contributed by atoms with Gasteiger partial charge in [-0.25, -0.2) is 13.6 Å². The Morgan fingerprint density at radius 3 is 2.38 bits per heavy atom. The number of nitrogens with zero attached hydrogens (tertiary/aromatic N) is 1. The molecule has 1 aromatic carbocycles. The minimum atomic E-state index is -3.84. The summed E-state index contributed by atoms with van der Waals surface area (Å²) in [5.41, 5.74) is 6.77. The average molecular weight is 317 g/mol. The maximum absolute atomic E-state index is 11.5. The number of benzene rings is 1. The lowest BCUT2D eigenvalue weighted by Gasteiger charge is -2.26. The van der Waals surface area contributed by atoms with Crippen molar-refractivity contribution in [3.05, 3.63) is 18.2 Å². The average Bonchev–Trinajstić information content (AvgIpc) is 2.42. The molecule has 0 heterocycles. The van der Waals surface area contributed by atoms with Gasteiger partial charge in [-0.2, -0.15) is 0 Å². The summed E-state index contributed by atoms with van der Waals surface area (Å²) in [6.45, 7) is 2.39. The molecule has 0 atom stereocenters. The summed E-state index contributed by atoms with van der Waals surface area (Å²) in [5.74, 6) is 0. The highest BCUT2D eigenvalue weighted by Gasteiger charge is 2.18. The van der Waals surface area contributed by atoms with E-state index >= 15 is 0 Å². The van der Waals surface area contributed by atoms with E-state index in [1.807, 2.05) is 4.90 Å². The first kappa shape index (κ1) is 17.7. The molecule has 1 rings (SSSR count). The molecule has 0 saturated carbocycles. The zero-order valence-corrected chi connectivity index (χ0v) is 13.2. The smallest absolute Gasteiger partial charge is 0.240 e. The Labute approximate surface area is 125 Å². The van der Waals surface area contributed by atoms with Crippen LogP contribution in [0.25, 0.3) is 0 Å². The molecule has 0 aliphatic rings. The molecule has 120 valence electrons. The molecule has 0 unspecified atom stereocenters. The van der Waals surface area contributed by atoms with Crippen molar-refractivity contribution in [3.8, 4) is 0 Å². The van der Waals surface area contributed by atoms with Crippen LogP contribution in [0.15, 0.2) is 23.1 Å². The fourth-order valence-corrected chi connectivity index (χ4v) is 2.69. The summed E-state index contributed by atoms with van der Waals surface area (Å²) >= 11 is 0. The van der Waals surface area contributed by atoms with Gasteiger partial charge in [0.05, 0.1) is 18.0 Å². The second-order valence-electron chi connectivity index (χ2n) is 4.56. The van der Waals surface area contributed by atoms with Crippen LogP contribution >= 0.6 is 0 Å². The monoisotopic (exact) mass is 317 g/mol. The quantitative estimate of drug-likeness (QED) is 0.504. The minimum Gasteiger partial charge on any atom is -0.396 e. The number of hydrogen-bond acceptors (Lipinski definition) is 6. The molecule has 0 bridgehead atoms. The third-order valence-corrected chi connectivity index (χ3v) is 4.00. The predicted octanol–water partition coefficient (Wildman–Crippen LogP) is 0.406. The number of nitrogens with two attached hydrogens (primary N) is 2. The number of primary sulfonamides is 1. The van der Waals surface area contributed by atoms with Gasteiger partial charge in [0, 0.05) is 33.9 Å². The standard InChI is InChI=1S/C13H23N3O4S/c1-19-9-4-7-16(8-10-20-2)11-5-3-6-12(13(11)14)21(15,17)18/h3,5-6H,4,7-10,14H2,1-2H3,(H2,15,17,18). The summed E-state index contributed by atoms with van der Waals surface area (Å²) in [6.07, 6.45) is 0.791. The van der Waals surface area contributed by atoms with Crippen molar-refractivity contribution in [3.63, 3.8) is 0 Å². The van der Waals surface area contributed by atoms with Gasteiger partial charge in [-0.1, -0.05) is 6.07 Å². The van der Waals surface area contributed by atoms with Crippen molar-refractivity contribution in [1.29, 1.82) is 0 Å². The van der Waals surface area contributed by atoms with Crippen molar-refractivity contribution >= 4 is 21.4 Å². The van der Waals surface area contributed by atoms with Crippen molar-refractivity contribution in [2.75, 3.05) is 51.2 Å². The maximum atomic E-state index is 11.5. The van der Waals surface area contributed by atoms with Crippen LogP contribution in [0.5, 0.6) is 0 Å². The van der Waals surface area contributed by atoms with Gasteiger partial charge >= 0.3 is 0 Å². The lowest BCUT2D eigenvalue weighted by Crippen LogP contribution is -2.30. The second-order valence-corrected chi connectivity index (χ2v) is 6.09. The van der Waals surface area contributed by atoms with Crippen LogP contribution < -0.4 is 15.8 Å². The number of methoxy groups -OCH3 is 2. The van der Waals surface area contributed by atoms with Crippen LogP contribution in [-0.4, -0.2) is 48.9 Å². The van der Waals surface area contributed by atoms with Crippen LogP contribution in [0.1, 0.15) is 6.42 Å². The molecule has 8 heteroatoms. The first-order valence-corrected chi connectivity index (χ1v) is 8.10. The molecule has 0 aromatic heterocycles. The Bertz CT molecular complexity index is 548. The third-order valence-electron chi connectivity index (χ3n) is 3.03. The Hall–Kier alpha value is -1.35. The number of ether oxygens (including phenoxy) is 2. The maximum Gasteiger partial charge on any atom is 0.240 e.